The summed E-state index contributed by atoms with van der Waals surface area (Å²) in [5, 5.41) is 5.06. The van der Waals surface area contributed by atoms with Crippen molar-refractivity contribution in [3.8, 4) is 44.5 Å². The van der Waals surface area contributed by atoms with Crippen molar-refractivity contribution in [1.82, 2.24) is 0 Å². The SMILES string of the molecule is CC1(C)c2ccccc2-c2ccc(N(c3cc(-c4ccccc4)cc(-c4ccc5ccccc5c4)c3)c3ccc4c(c3)-c3cc5ccccc5cc3C4(C)C)cc21. The normalized spacial score (nSPS) is 14.2. The molecular formula is C56H43N. The third-order valence-electron chi connectivity index (χ3n) is 13.0. The maximum Gasteiger partial charge on any atom is 0.0473 e. The van der Waals surface area contributed by atoms with Crippen LogP contribution in [-0.4, -0.2) is 0 Å². The molecule has 57 heavy (non-hydrogen) atoms. The van der Waals surface area contributed by atoms with Crippen molar-refractivity contribution in [3.05, 3.63) is 210 Å². The molecule has 1 heteroatoms. The summed E-state index contributed by atoms with van der Waals surface area (Å²) >= 11 is 0. The number of rotatable bonds is 5. The molecule has 9 aromatic carbocycles. The summed E-state index contributed by atoms with van der Waals surface area (Å²) < 4.78 is 0. The van der Waals surface area contributed by atoms with E-state index in [-0.39, 0.29) is 10.8 Å². The molecular weight excluding hydrogens is 687 g/mol. The van der Waals surface area contributed by atoms with E-state index < -0.39 is 0 Å². The number of fused-ring (bicyclic) bond motifs is 8. The fourth-order valence-electron chi connectivity index (χ4n) is 9.92. The first-order valence-corrected chi connectivity index (χ1v) is 20.2. The Kier molecular flexibility index (Phi) is 7.32. The van der Waals surface area contributed by atoms with Crippen LogP contribution in [0.5, 0.6) is 0 Å². The first-order valence-electron chi connectivity index (χ1n) is 20.2. The van der Waals surface area contributed by atoms with Gasteiger partial charge in [-0.2, -0.15) is 0 Å². The van der Waals surface area contributed by atoms with Crippen LogP contribution in [0.3, 0.4) is 0 Å². The van der Waals surface area contributed by atoms with Gasteiger partial charge in [-0.25, -0.2) is 0 Å². The average molecular weight is 730 g/mol. The smallest absolute Gasteiger partial charge is 0.0473 e. The van der Waals surface area contributed by atoms with Crippen LogP contribution in [0.15, 0.2) is 188 Å². The van der Waals surface area contributed by atoms with Crippen molar-refractivity contribution in [2.75, 3.05) is 4.90 Å². The first-order chi connectivity index (χ1) is 27.7. The number of nitrogens with zero attached hydrogens (tertiary/aromatic N) is 1. The molecule has 0 N–H and O–H groups in total. The minimum Gasteiger partial charge on any atom is -0.310 e. The van der Waals surface area contributed by atoms with E-state index in [0.717, 1.165) is 17.1 Å². The van der Waals surface area contributed by atoms with Gasteiger partial charge >= 0.3 is 0 Å². The zero-order chi connectivity index (χ0) is 38.5. The summed E-state index contributed by atoms with van der Waals surface area (Å²) in [7, 11) is 0. The number of hydrogen-bond acceptors (Lipinski definition) is 1. The largest absolute Gasteiger partial charge is 0.310 e. The molecule has 1 nitrogen and oxygen atoms in total. The second-order valence-corrected chi connectivity index (χ2v) is 17.0. The molecule has 9 aromatic rings. The standard InChI is InChI=1S/C56H43N/c1-55(2)51-21-13-12-20-47(51)48-26-24-45(35-54(48)55)57(44-25-27-52-50(34-44)49-32-39-18-10-11-19-40(39)33-53(49)56(52,3)4)46-30-42(36-14-6-5-7-15-36)29-43(31-46)41-23-22-37-16-8-9-17-38(37)28-41/h5-35H,1-4H3. The Morgan fingerprint density at radius 2 is 0.825 bits per heavy atom. The molecule has 2 aliphatic carbocycles. The lowest BCUT2D eigenvalue weighted by Crippen LogP contribution is -2.17. The Hall–Kier alpha value is -6.70. The van der Waals surface area contributed by atoms with E-state index in [1.54, 1.807) is 0 Å². The van der Waals surface area contributed by atoms with Crippen molar-refractivity contribution in [2.45, 2.75) is 38.5 Å². The summed E-state index contributed by atoms with van der Waals surface area (Å²) in [6.07, 6.45) is 0. The molecule has 11 rings (SSSR count). The summed E-state index contributed by atoms with van der Waals surface area (Å²) in [5.41, 5.74) is 18.8. The van der Waals surface area contributed by atoms with Crippen molar-refractivity contribution < 1.29 is 0 Å². The van der Waals surface area contributed by atoms with Crippen molar-refractivity contribution >= 4 is 38.6 Å². The van der Waals surface area contributed by atoms with Crippen LogP contribution >= 0.6 is 0 Å². The molecule has 0 heterocycles. The molecule has 0 saturated carbocycles. The molecule has 2 aliphatic rings. The first kappa shape index (κ1) is 33.6. The Morgan fingerprint density at radius 3 is 1.60 bits per heavy atom. The molecule has 0 saturated heterocycles. The van der Waals surface area contributed by atoms with E-state index in [1.807, 2.05) is 0 Å². The fraction of sp³-hybridized carbons (Fsp3) is 0.107. The number of hydrogen-bond donors (Lipinski definition) is 0. The van der Waals surface area contributed by atoms with Crippen LogP contribution in [0.1, 0.15) is 49.9 Å². The Morgan fingerprint density at radius 1 is 0.281 bits per heavy atom. The van der Waals surface area contributed by atoms with Crippen molar-refractivity contribution in [2.24, 2.45) is 0 Å². The van der Waals surface area contributed by atoms with Crippen LogP contribution in [-0.2, 0) is 10.8 Å². The molecule has 0 bridgehead atoms. The predicted molar refractivity (Wildman–Crippen MR) is 242 cm³/mol. The lowest BCUT2D eigenvalue weighted by molar-refractivity contribution is 0.660. The molecule has 0 amide bonds. The van der Waals surface area contributed by atoms with Crippen LogP contribution in [0.2, 0.25) is 0 Å². The average Bonchev–Trinajstić information content (AvgIpc) is 3.61. The topological polar surface area (TPSA) is 3.24 Å². The number of anilines is 3. The van der Waals surface area contributed by atoms with Gasteiger partial charge in [0.15, 0.2) is 0 Å². The van der Waals surface area contributed by atoms with Gasteiger partial charge in [-0.3, -0.25) is 0 Å². The van der Waals surface area contributed by atoms with Crippen molar-refractivity contribution in [1.29, 1.82) is 0 Å². The lowest BCUT2D eigenvalue weighted by atomic mass is 9.82. The second-order valence-electron chi connectivity index (χ2n) is 17.0. The summed E-state index contributed by atoms with van der Waals surface area (Å²) in [4.78, 5) is 2.50. The molecule has 272 valence electrons. The zero-order valence-electron chi connectivity index (χ0n) is 32.8. The second kappa shape index (κ2) is 12.4. The maximum atomic E-state index is 2.50. The van der Waals surface area contributed by atoms with Crippen LogP contribution in [0.25, 0.3) is 66.1 Å². The minimum absolute atomic E-state index is 0.113. The highest BCUT2D eigenvalue weighted by Crippen LogP contribution is 2.54. The molecule has 0 spiro atoms. The summed E-state index contributed by atoms with van der Waals surface area (Å²) in [6.45, 7) is 9.50. The van der Waals surface area contributed by atoms with Gasteiger partial charge in [0.05, 0.1) is 0 Å². The van der Waals surface area contributed by atoms with Crippen LogP contribution < -0.4 is 4.90 Å². The van der Waals surface area contributed by atoms with E-state index in [0.29, 0.717) is 0 Å². The Bertz CT molecular complexity index is 3070. The minimum atomic E-state index is -0.127. The van der Waals surface area contributed by atoms with Gasteiger partial charge in [-0.15, -0.1) is 0 Å². The monoisotopic (exact) mass is 729 g/mol. The lowest BCUT2D eigenvalue weighted by Gasteiger charge is -2.30. The van der Waals surface area contributed by atoms with Gasteiger partial charge in [-0.05, 0) is 149 Å². The highest BCUT2D eigenvalue weighted by molar-refractivity contribution is 5.96. The molecule has 0 atom stereocenters. The third kappa shape index (κ3) is 5.22. The molecule has 0 aromatic heterocycles. The summed E-state index contributed by atoms with van der Waals surface area (Å²) in [6, 6.07) is 70.3. The molecule has 0 aliphatic heterocycles. The van der Waals surface area contributed by atoms with E-state index in [2.05, 4.69) is 221 Å². The van der Waals surface area contributed by atoms with Crippen molar-refractivity contribution in [3.63, 3.8) is 0 Å². The van der Waals surface area contributed by atoms with Gasteiger partial charge in [-0.1, -0.05) is 155 Å². The predicted octanol–water partition coefficient (Wildman–Crippen LogP) is 15.4. The maximum absolute atomic E-state index is 2.50. The highest BCUT2D eigenvalue weighted by atomic mass is 15.1. The van der Waals surface area contributed by atoms with Gasteiger partial charge in [0.25, 0.3) is 0 Å². The fourth-order valence-corrected chi connectivity index (χ4v) is 9.92. The van der Waals surface area contributed by atoms with Crippen LogP contribution in [0.4, 0.5) is 17.1 Å². The molecule has 0 unspecified atom stereocenters. The van der Waals surface area contributed by atoms with Gasteiger partial charge < -0.3 is 4.90 Å². The third-order valence-corrected chi connectivity index (χ3v) is 13.0. The summed E-state index contributed by atoms with van der Waals surface area (Å²) in [5.74, 6) is 0. The number of benzene rings is 9. The Labute approximate surface area is 335 Å². The van der Waals surface area contributed by atoms with Gasteiger partial charge in [0.2, 0.25) is 0 Å². The van der Waals surface area contributed by atoms with E-state index in [4.69, 9.17) is 0 Å². The van der Waals surface area contributed by atoms with Gasteiger partial charge in [0.1, 0.15) is 0 Å². The van der Waals surface area contributed by atoms with E-state index in [9.17, 15) is 0 Å². The zero-order valence-corrected chi connectivity index (χ0v) is 32.8. The highest BCUT2D eigenvalue weighted by Gasteiger charge is 2.38. The van der Waals surface area contributed by atoms with Crippen LogP contribution in [0, 0.1) is 0 Å². The Balaban J connectivity index is 1.16. The van der Waals surface area contributed by atoms with E-state index in [1.165, 1.54) is 88.3 Å². The molecule has 0 fully saturated rings. The molecule has 0 radical (unpaired) electrons. The van der Waals surface area contributed by atoms with Gasteiger partial charge in [0, 0.05) is 27.9 Å². The van der Waals surface area contributed by atoms with E-state index >= 15 is 0 Å². The quantitative estimate of drug-likeness (QED) is 0.170.